The standard InChI is InChI=1S/C26H28N2O5S/c1-3-19-5-7-20(8-6-19)18-28(2)26(29)21-9-11-22(12-10-21)27-34(30,31)23-13-14-24-25(17-23)33-16-4-15-32-24/h5-14,17,27H,3-4,15-16,18H2,1-2H3. The number of hydrogen-bond donors (Lipinski definition) is 1. The predicted molar refractivity (Wildman–Crippen MR) is 131 cm³/mol. The highest BCUT2D eigenvalue weighted by Gasteiger charge is 2.19. The fourth-order valence-corrected chi connectivity index (χ4v) is 4.73. The van der Waals surface area contributed by atoms with Crippen molar-refractivity contribution in [2.45, 2.75) is 31.2 Å². The van der Waals surface area contributed by atoms with Crippen LogP contribution >= 0.6 is 0 Å². The minimum Gasteiger partial charge on any atom is -0.490 e. The lowest BCUT2D eigenvalue weighted by Crippen LogP contribution is -2.26. The molecule has 0 aliphatic carbocycles. The third kappa shape index (κ3) is 5.51. The Morgan fingerprint density at radius 3 is 2.24 bits per heavy atom. The van der Waals surface area contributed by atoms with Crippen LogP contribution in [-0.2, 0) is 23.0 Å². The zero-order valence-corrected chi connectivity index (χ0v) is 20.1. The molecule has 0 fully saturated rings. The summed E-state index contributed by atoms with van der Waals surface area (Å²) in [5.74, 6) is 0.801. The quantitative estimate of drug-likeness (QED) is 0.539. The van der Waals surface area contributed by atoms with E-state index >= 15 is 0 Å². The van der Waals surface area contributed by atoms with Gasteiger partial charge in [0.15, 0.2) is 11.5 Å². The van der Waals surface area contributed by atoms with Crippen LogP contribution in [0.15, 0.2) is 71.6 Å². The van der Waals surface area contributed by atoms with Gasteiger partial charge in [0.1, 0.15) is 0 Å². The number of sulfonamides is 1. The third-order valence-corrected chi connectivity index (χ3v) is 6.99. The minimum absolute atomic E-state index is 0.0747. The van der Waals surface area contributed by atoms with Crippen LogP contribution in [0.25, 0.3) is 0 Å². The molecule has 0 atom stereocenters. The van der Waals surface area contributed by atoms with E-state index in [9.17, 15) is 13.2 Å². The summed E-state index contributed by atoms with van der Waals surface area (Å²) in [6, 6.07) is 19.1. The van der Waals surface area contributed by atoms with Crippen molar-refractivity contribution in [3.05, 3.63) is 83.4 Å². The number of anilines is 1. The molecule has 0 saturated carbocycles. The van der Waals surface area contributed by atoms with E-state index in [1.54, 1.807) is 42.3 Å². The van der Waals surface area contributed by atoms with Crippen molar-refractivity contribution in [1.29, 1.82) is 0 Å². The number of nitrogens with zero attached hydrogens (tertiary/aromatic N) is 1. The maximum Gasteiger partial charge on any atom is 0.262 e. The molecular weight excluding hydrogens is 452 g/mol. The highest BCUT2D eigenvalue weighted by atomic mass is 32.2. The lowest BCUT2D eigenvalue weighted by Gasteiger charge is -2.18. The van der Waals surface area contributed by atoms with Gasteiger partial charge >= 0.3 is 0 Å². The van der Waals surface area contributed by atoms with E-state index in [1.807, 2.05) is 12.1 Å². The van der Waals surface area contributed by atoms with Crippen molar-refractivity contribution in [3.8, 4) is 11.5 Å². The normalized spacial score (nSPS) is 13.1. The van der Waals surface area contributed by atoms with Crippen molar-refractivity contribution in [1.82, 2.24) is 4.90 Å². The highest BCUT2D eigenvalue weighted by Crippen LogP contribution is 2.32. The first kappa shape index (κ1) is 23.6. The average molecular weight is 481 g/mol. The van der Waals surface area contributed by atoms with Gasteiger partial charge in [0, 0.05) is 37.3 Å². The Bertz CT molecular complexity index is 1260. The van der Waals surface area contributed by atoms with Gasteiger partial charge < -0.3 is 14.4 Å². The van der Waals surface area contributed by atoms with E-state index in [-0.39, 0.29) is 10.8 Å². The van der Waals surface area contributed by atoms with Crippen molar-refractivity contribution >= 4 is 21.6 Å². The molecule has 0 unspecified atom stereocenters. The molecule has 0 spiro atoms. The topological polar surface area (TPSA) is 84.9 Å². The maximum absolute atomic E-state index is 12.9. The van der Waals surface area contributed by atoms with Gasteiger partial charge in [0.2, 0.25) is 0 Å². The Morgan fingerprint density at radius 2 is 1.56 bits per heavy atom. The Hall–Kier alpha value is -3.52. The Balaban J connectivity index is 1.42. The van der Waals surface area contributed by atoms with E-state index < -0.39 is 10.0 Å². The van der Waals surface area contributed by atoms with Crippen LogP contribution in [0, 0.1) is 0 Å². The highest BCUT2D eigenvalue weighted by molar-refractivity contribution is 7.92. The van der Waals surface area contributed by atoms with Crippen molar-refractivity contribution in [2.24, 2.45) is 0 Å². The molecular formula is C26H28N2O5S. The zero-order chi connectivity index (χ0) is 24.1. The Kier molecular flexibility index (Phi) is 7.07. The molecule has 0 saturated heterocycles. The van der Waals surface area contributed by atoms with E-state index in [2.05, 4.69) is 23.8 Å². The lowest BCUT2D eigenvalue weighted by molar-refractivity contribution is 0.0785. The molecule has 3 aromatic carbocycles. The van der Waals surface area contributed by atoms with Gasteiger partial charge in [-0.2, -0.15) is 0 Å². The number of amides is 1. The second kappa shape index (κ2) is 10.2. The van der Waals surface area contributed by atoms with E-state index in [0.717, 1.165) is 18.4 Å². The third-order valence-electron chi connectivity index (χ3n) is 5.61. The number of aryl methyl sites for hydroxylation is 1. The summed E-state index contributed by atoms with van der Waals surface area (Å²) in [7, 11) is -2.09. The monoisotopic (exact) mass is 480 g/mol. The van der Waals surface area contributed by atoms with Crippen LogP contribution in [-0.4, -0.2) is 39.5 Å². The number of carbonyl (C=O) groups is 1. The molecule has 7 nitrogen and oxygen atoms in total. The van der Waals surface area contributed by atoms with Crippen molar-refractivity contribution < 1.29 is 22.7 Å². The number of benzene rings is 3. The van der Waals surface area contributed by atoms with Gasteiger partial charge in [0.25, 0.3) is 15.9 Å². The number of fused-ring (bicyclic) bond motifs is 1. The second-order valence-corrected chi connectivity index (χ2v) is 9.86. The summed E-state index contributed by atoms with van der Waals surface area (Å²) in [5, 5.41) is 0. The number of rotatable bonds is 7. The molecule has 1 aliphatic heterocycles. The number of ether oxygens (including phenoxy) is 2. The number of nitrogens with one attached hydrogen (secondary N) is 1. The van der Waals surface area contributed by atoms with E-state index in [4.69, 9.17) is 9.47 Å². The first-order valence-corrected chi connectivity index (χ1v) is 12.7. The smallest absolute Gasteiger partial charge is 0.262 e. The molecule has 3 aromatic rings. The minimum atomic E-state index is -3.84. The SMILES string of the molecule is CCc1ccc(CN(C)C(=O)c2ccc(NS(=O)(=O)c3ccc4c(c3)OCCCO4)cc2)cc1. The summed E-state index contributed by atoms with van der Waals surface area (Å²) in [4.78, 5) is 14.5. The molecule has 34 heavy (non-hydrogen) atoms. The Morgan fingerprint density at radius 1 is 0.912 bits per heavy atom. The van der Waals surface area contributed by atoms with Gasteiger partial charge in [0.05, 0.1) is 18.1 Å². The van der Waals surface area contributed by atoms with Gasteiger partial charge in [-0.05, 0) is 53.9 Å². The lowest BCUT2D eigenvalue weighted by atomic mass is 10.1. The van der Waals surface area contributed by atoms with Gasteiger partial charge in [-0.1, -0.05) is 31.2 Å². The van der Waals surface area contributed by atoms with Gasteiger partial charge in [-0.3, -0.25) is 9.52 Å². The van der Waals surface area contributed by atoms with Gasteiger partial charge in [-0.15, -0.1) is 0 Å². The van der Waals surface area contributed by atoms with Crippen LogP contribution in [0.2, 0.25) is 0 Å². The van der Waals surface area contributed by atoms with E-state index in [1.165, 1.54) is 17.7 Å². The van der Waals surface area contributed by atoms with Crippen LogP contribution in [0.4, 0.5) is 5.69 Å². The fourth-order valence-electron chi connectivity index (χ4n) is 3.65. The summed E-state index contributed by atoms with van der Waals surface area (Å²) in [6.45, 7) is 3.59. The molecule has 0 bridgehead atoms. The van der Waals surface area contributed by atoms with Crippen LogP contribution < -0.4 is 14.2 Å². The molecule has 178 valence electrons. The second-order valence-electron chi connectivity index (χ2n) is 8.17. The number of hydrogen-bond acceptors (Lipinski definition) is 5. The van der Waals surface area contributed by atoms with E-state index in [0.29, 0.717) is 42.5 Å². The molecule has 0 radical (unpaired) electrons. The summed E-state index contributed by atoms with van der Waals surface area (Å²) < 4.78 is 39.4. The average Bonchev–Trinajstić information content (AvgIpc) is 3.09. The molecule has 1 aliphatic rings. The molecule has 8 heteroatoms. The van der Waals surface area contributed by atoms with Crippen LogP contribution in [0.3, 0.4) is 0 Å². The number of carbonyl (C=O) groups excluding carboxylic acids is 1. The predicted octanol–water partition coefficient (Wildman–Crippen LogP) is 4.48. The largest absolute Gasteiger partial charge is 0.490 e. The summed E-state index contributed by atoms with van der Waals surface area (Å²) >= 11 is 0. The molecule has 4 rings (SSSR count). The maximum atomic E-state index is 12.9. The first-order chi connectivity index (χ1) is 16.4. The molecule has 1 heterocycles. The van der Waals surface area contributed by atoms with Crippen LogP contribution in [0.1, 0.15) is 34.8 Å². The molecule has 0 aromatic heterocycles. The summed E-state index contributed by atoms with van der Waals surface area (Å²) in [5.41, 5.74) is 3.14. The molecule has 1 N–H and O–H groups in total. The fraction of sp³-hybridized carbons (Fsp3) is 0.269. The zero-order valence-electron chi connectivity index (χ0n) is 19.3. The van der Waals surface area contributed by atoms with Crippen molar-refractivity contribution in [3.63, 3.8) is 0 Å². The first-order valence-electron chi connectivity index (χ1n) is 11.2. The van der Waals surface area contributed by atoms with Gasteiger partial charge in [-0.25, -0.2) is 8.42 Å². The Labute approximate surface area is 200 Å². The van der Waals surface area contributed by atoms with Crippen LogP contribution in [0.5, 0.6) is 11.5 Å². The molecule has 1 amide bonds. The summed E-state index contributed by atoms with van der Waals surface area (Å²) in [6.07, 6.45) is 1.71. The van der Waals surface area contributed by atoms with Crippen molar-refractivity contribution in [2.75, 3.05) is 25.0 Å².